The standard InChI is InChI=1S/C15H14F2N2O2/c1-9-6-10(8-11(18)7-9)14(20)19-12-2-4-13(5-3-12)21-15(16)17/h2-8,15H,18H2,1H3,(H,19,20). The summed E-state index contributed by atoms with van der Waals surface area (Å²) < 4.78 is 28.3. The first kappa shape index (κ1) is 14.8. The molecule has 1 amide bonds. The van der Waals surface area contributed by atoms with E-state index in [1.165, 1.54) is 24.3 Å². The fraction of sp³-hybridized carbons (Fsp3) is 0.133. The molecule has 0 spiro atoms. The van der Waals surface area contributed by atoms with Crippen LogP contribution in [0.3, 0.4) is 0 Å². The second-order valence-corrected chi connectivity index (χ2v) is 4.49. The van der Waals surface area contributed by atoms with Crippen molar-refractivity contribution in [2.75, 3.05) is 11.1 Å². The van der Waals surface area contributed by atoms with Gasteiger partial charge in [-0.25, -0.2) is 0 Å². The van der Waals surface area contributed by atoms with Gasteiger partial charge in [0.25, 0.3) is 5.91 Å². The molecule has 0 saturated carbocycles. The Morgan fingerprint density at radius 3 is 2.43 bits per heavy atom. The second-order valence-electron chi connectivity index (χ2n) is 4.49. The molecular weight excluding hydrogens is 278 g/mol. The molecule has 0 aromatic heterocycles. The minimum atomic E-state index is -2.87. The molecule has 0 heterocycles. The lowest BCUT2D eigenvalue weighted by Crippen LogP contribution is -2.12. The van der Waals surface area contributed by atoms with Crippen LogP contribution in [-0.2, 0) is 0 Å². The topological polar surface area (TPSA) is 64.4 Å². The first-order valence-corrected chi connectivity index (χ1v) is 6.17. The predicted octanol–water partition coefficient (Wildman–Crippen LogP) is 3.43. The first-order chi connectivity index (χ1) is 9.94. The molecule has 0 fully saturated rings. The van der Waals surface area contributed by atoms with Gasteiger partial charge in [-0.15, -0.1) is 0 Å². The third-order valence-corrected chi connectivity index (χ3v) is 2.70. The summed E-state index contributed by atoms with van der Waals surface area (Å²) in [5.41, 5.74) is 7.97. The van der Waals surface area contributed by atoms with E-state index in [2.05, 4.69) is 10.1 Å². The number of alkyl halides is 2. The minimum absolute atomic E-state index is 0.0304. The molecule has 2 rings (SSSR count). The van der Waals surface area contributed by atoms with Crippen molar-refractivity contribution in [3.63, 3.8) is 0 Å². The van der Waals surface area contributed by atoms with E-state index in [1.807, 2.05) is 6.92 Å². The van der Waals surface area contributed by atoms with Crippen LogP contribution < -0.4 is 15.8 Å². The van der Waals surface area contributed by atoms with E-state index >= 15 is 0 Å². The van der Waals surface area contributed by atoms with Crippen LogP contribution in [0.25, 0.3) is 0 Å². The number of carbonyl (C=O) groups is 1. The average Bonchev–Trinajstić information content (AvgIpc) is 2.39. The van der Waals surface area contributed by atoms with E-state index < -0.39 is 6.61 Å². The molecule has 4 nitrogen and oxygen atoms in total. The van der Waals surface area contributed by atoms with Crippen molar-refractivity contribution >= 4 is 17.3 Å². The number of ether oxygens (including phenoxy) is 1. The summed E-state index contributed by atoms with van der Waals surface area (Å²) in [6, 6.07) is 10.7. The Balaban J connectivity index is 2.08. The lowest BCUT2D eigenvalue weighted by atomic mass is 10.1. The molecule has 0 radical (unpaired) electrons. The lowest BCUT2D eigenvalue weighted by molar-refractivity contribution is -0.0498. The minimum Gasteiger partial charge on any atom is -0.435 e. The summed E-state index contributed by atoms with van der Waals surface area (Å²) in [5, 5.41) is 2.66. The Bertz CT molecular complexity index is 622. The van der Waals surface area contributed by atoms with Crippen molar-refractivity contribution in [2.24, 2.45) is 0 Å². The highest BCUT2D eigenvalue weighted by Crippen LogP contribution is 2.19. The number of anilines is 2. The van der Waals surface area contributed by atoms with Crippen molar-refractivity contribution in [1.82, 2.24) is 0 Å². The van der Waals surface area contributed by atoms with Crippen LogP contribution in [0.15, 0.2) is 42.5 Å². The third-order valence-electron chi connectivity index (χ3n) is 2.70. The number of aryl methyl sites for hydroxylation is 1. The SMILES string of the molecule is Cc1cc(N)cc(C(=O)Nc2ccc(OC(F)F)cc2)c1. The number of hydrogen-bond donors (Lipinski definition) is 2. The number of nitrogen functional groups attached to an aromatic ring is 1. The van der Waals surface area contributed by atoms with Crippen LogP contribution in [0.1, 0.15) is 15.9 Å². The number of rotatable bonds is 4. The number of nitrogens with two attached hydrogens (primary N) is 1. The highest BCUT2D eigenvalue weighted by Gasteiger charge is 2.08. The summed E-state index contributed by atoms with van der Waals surface area (Å²) in [6.07, 6.45) is 0. The highest BCUT2D eigenvalue weighted by molar-refractivity contribution is 6.04. The van der Waals surface area contributed by atoms with Crippen LogP contribution in [0.5, 0.6) is 5.75 Å². The molecule has 0 aliphatic heterocycles. The average molecular weight is 292 g/mol. The lowest BCUT2D eigenvalue weighted by Gasteiger charge is -2.08. The molecule has 2 aromatic rings. The van der Waals surface area contributed by atoms with Gasteiger partial charge in [-0.05, 0) is 55.0 Å². The molecule has 0 atom stereocenters. The molecule has 0 unspecified atom stereocenters. The number of nitrogens with one attached hydrogen (secondary N) is 1. The molecule has 2 aromatic carbocycles. The van der Waals surface area contributed by atoms with E-state index in [0.717, 1.165) is 5.56 Å². The van der Waals surface area contributed by atoms with Crippen molar-refractivity contribution in [1.29, 1.82) is 0 Å². The third kappa shape index (κ3) is 4.17. The Hall–Kier alpha value is -2.63. The van der Waals surface area contributed by atoms with Crippen molar-refractivity contribution in [3.8, 4) is 5.75 Å². The van der Waals surface area contributed by atoms with Crippen LogP contribution in [-0.4, -0.2) is 12.5 Å². The van der Waals surface area contributed by atoms with E-state index in [4.69, 9.17) is 5.73 Å². The largest absolute Gasteiger partial charge is 0.435 e. The Morgan fingerprint density at radius 1 is 1.19 bits per heavy atom. The van der Waals surface area contributed by atoms with Gasteiger partial charge in [0.05, 0.1) is 0 Å². The van der Waals surface area contributed by atoms with Crippen LogP contribution in [0.4, 0.5) is 20.2 Å². The monoisotopic (exact) mass is 292 g/mol. The number of amides is 1. The molecule has 0 aliphatic carbocycles. The maximum absolute atomic E-state index is 12.1. The number of benzene rings is 2. The summed E-state index contributed by atoms with van der Waals surface area (Å²) in [6.45, 7) is -1.04. The van der Waals surface area contributed by atoms with Gasteiger partial charge in [0, 0.05) is 16.9 Å². The first-order valence-electron chi connectivity index (χ1n) is 6.17. The van der Waals surface area contributed by atoms with E-state index in [-0.39, 0.29) is 11.7 Å². The van der Waals surface area contributed by atoms with Crippen LogP contribution in [0, 0.1) is 6.92 Å². The van der Waals surface area contributed by atoms with Gasteiger partial charge in [0.2, 0.25) is 0 Å². The molecule has 21 heavy (non-hydrogen) atoms. The molecule has 110 valence electrons. The smallest absolute Gasteiger partial charge is 0.387 e. The molecule has 0 bridgehead atoms. The second kappa shape index (κ2) is 6.21. The predicted molar refractivity (Wildman–Crippen MR) is 76.6 cm³/mol. The zero-order valence-electron chi connectivity index (χ0n) is 11.3. The fourth-order valence-corrected chi connectivity index (χ4v) is 1.87. The fourth-order valence-electron chi connectivity index (χ4n) is 1.87. The Kier molecular flexibility index (Phi) is 4.37. The summed E-state index contributed by atoms with van der Waals surface area (Å²) in [5.74, 6) is -0.296. The van der Waals surface area contributed by atoms with Crippen molar-refractivity contribution in [2.45, 2.75) is 13.5 Å². The molecule has 3 N–H and O–H groups in total. The number of halogens is 2. The molecule has 0 aliphatic rings. The summed E-state index contributed by atoms with van der Waals surface area (Å²) >= 11 is 0. The van der Waals surface area contributed by atoms with Crippen molar-refractivity contribution < 1.29 is 18.3 Å². The van der Waals surface area contributed by atoms with Crippen LogP contribution >= 0.6 is 0 Å². The zero-order valence-corrected chi connectivity index (χ0v) is 11.3. The van der Waals surface area contributed by atoms with E-state index in [9.17, 15) is 13.6 Å². The summed E-state index contributed by atoms with van der Waals surface area (Å²) in [7, 11) is 0. The molecular formula is C15H14F2N2O2. The number of hydrogen-bond acceptors (Lipinski definition) is 3. The Morgan fingerprint density at radius 2 is 1.86 bits per heavy atom. The van der Waals surface area contributed by atoms with Gasteiger partial charge in [0.15, 0.2) is 0 Å². The molecule has 0 saturated heterocycles. The van der Waals surface area contributed by atoms with E-state index in [0.29, 0.717) is 16.9 Å². The quantitative estimate of drug-likeness (QED) is 0.848. The maximum atomic E-state index is 12.1. The van der Waals surface area contributed by atoms with Gasteiger partial charge in [-0.3, -0.25) is 4.79 Å². The normalized spacial score (nSPS) is 10.5. The highest BCUT2D eigenvalue weighted by atomic mass is 19.3. The van der Waals surface area contributed by atoms with Gasteiger partial charge >= 0.3 is 6.61 Å². The van der Waals surface area contributed by atoms with Gasteiger partial charge < -0.3 is 15.8 Å². The maximum Gasteiger partial charge on any atom is 0.387 e. The van der Waals surface area contributed by atoms with Gasteiger partial charge in [0.1, 0.15) is 5.75 Å². The zero-order chi connectivity index (χ0) is 15.4. The van der Waals surface area contributed by atoms with Crippen LogP contribution in [0.2, 0.25) is 0 Å². The van der Waals surface area contributed by atoms with Gasteiger partial charge in [-0.1, -0.05) is 0 Å². The van der Waals surface area contributed by atoms with E-state index in [1.54, 1.807) is 18.2 Å². The van der Waals surface area contributed by atoms with Gasteiger partial charge in [-0.2, -0.15) is 8.78 Å². The van der Waals surface area contributed by atoms with Crippen molar-refractivity contribution in [3.05, 3.63) is 53.6 Å². The number of carbonyl (C=O) groups excluding carboxylic acids is 1. The molecule has 6 heteroatoms. The Labute approximate surface area is 120 Å². The summed E-state index contributed by atoms with van der Waals surface area (Å²) in [4.78, 5) is 12.1.